The highest BCUT2D eigenvalue weighted by Crippen LogP contribution is 2.38. The summed E-state index contributed by atoms with van der Waals surface area (Å²) in [6.07, 6.45) is 0. The van der Waals surface area contributed by atoms with Crippen LogP contribution in [0.3, 0.4) is 0 Å². The van der Waals surface area contributed by atoms with Crippen molar-refractivity contribution in [2.45, 2.75) is 20.8 Å². The Morgan fingerprint density at radius 2 is 1.41 bits per heavy atom. The Balaban J connectivity index is 2.18. The molecule has 2 amide bonds. The van der Waals surface area contributed by atoms with Crippen LogP contribution in [0, 0.1) is 20.8 Å². The molecule has 0 saturated heterocycles. The van der Waals surface area contributed by atoms with E-state index in [1.54, 1.807) is 19.2 Å². The standard InChI is InChI=1S/C22H28N2O5/c1-13-8-14(2)20(15(3)9-13)23-19(25)12-24(4)22(26)16-10-17(27-5)21(29-7)18(11-16)28-6/h8-11H,12H2,1-7H3,(H,23,25). The number of likely N-dealkylation sites (N-methyl/N-ethyl adjacent to an activating group) is 1. The number of methoxy groups -OCH3 is 3. The monoisotopic (exact) mass is 400 g/mol. The number of aryl methyl sites for hydroxylation is 3. The van der Waals surface area contributed by atoms with Crippen molar-refractivity contribution in [1.82, 2.24) is 4.90 Å². The van der Waals surface area contributed by atoms with E-state index in [0.29, 0.717) is 22.8 Å². The van der Waals surface area contributed by atoms with E-state index in [4.69, 9.17) is 14.2 Å². The number of rotatable bonds is 7. The molecule has 29 heavy (non-hydrogen) atoms. The number of carbonyl (C=O) groups excluding carboxylic acids is 2. The molecule has 0 spiro atoms. The third-order valence-corrected chi connectivity index (χ3v) is 4.58. The molecular weight excluding hydrogens is 372 g/mol. The van der Waals surface area contributed by atoms with Crippen LogP contribution < -0.4 is 19.5 Å². The van der Waals surface area contributed by atoms with E-state index < -0.39 is 0 Å². The van der Waals surface area contributed by atoms with Gasteiger partial charge in [0.2, 0.25) is 11.7 Å². The fourth-order valence-electron chi connectivity index (χ4n) is 3.27. The fourth-order valence-corrected chi connectivity index (χ4v) is 3.27. The maximum atomic E-state index is 12.8. The zero-order valence-corrected chi connectivity index (χ0v) is 18.0. The summed E-state index contributed by atoms with van der Waals surface area (Å²) in [6, 6.07) is 7.14. The summed E-state index contributed by atoms with van der Waals surface area (Å²) in [6.45, 7) is 5.80. The molecule has 0 heterocycles. The number of nitrogens with one attached hydrogen (secondary N) is 1. The molecule has 1 N–H and O–H groups in total. The van der Waals surface area contributed by atoms with E-state index in [0.717, 1.165) is 22.4 Å². The molecule has 0 saturated carbocycles. The molecule has 7 heteroatoms. The first-order valence-corrected chi connectivity index (χ1v) is 9.15. The zero-order chi connectivity index (χ0) is 21.7. The number of carbonyl (C=O) groups is 2. The van der Waals surface area contributed by atoms with Crippen molar-refractivity contribution in [2.75, 3.05) is 40.2 Å². The molecule has 0 unspecified atom stereocenters. The van der Waals surface area contributed by atoms with Crippen molar-refractivity contribution in [3.05, 3.63) is 46.5 Å². The SMILES string of the molecule is COc1cc(C(=O)N(C)CC(=O)Nc2c(C)cc(C)cc2C)cc(OC)c1OC. The van der Waals surface area contributed by atoms with Gasteiger partial charge in [0.15, 0.2) is 11.5 Å². The highest BCUT2D eigenvalue weighted by atomic mass is 16.5. The first-order chi connectivity index (χ1) is 13.7. The lowest BCUT2D eigenvalue weighted by Crippen LogP contribution is -2.35. The Labute approximate surface area is 171 Å². The molecule has 0 fully saturated rings. The van der Waals surface area contributed by atoms with Crippen LogP contribution in [0.4, 0.5) is 5.69 Å². The number of hydrogen-bond acceptors (Lipinski definition) is 5. The van der Waals surface area contributed by atoms with E-state index in [-0.39, 0.29) is 18.4 Å². The van der Waals surface area contributed by atoms with Crippen molar-refractivity contribution in [3.8, 4) is 17.2 Å². The fraction of sp³-hybridized carbons (Fsp3) is 0.364. The first kappa shape index (κ1) is 22.1. The lowest BCUT2D eigenvalue weighted by Gasteiger charge is -2.20. The summed E-state index contributed by atoms with van der Waals surface area (Å²) in [5.41, 5.74) is 4.20. The third kappa shape index (κ3) is 4.99. The predicted molar refractivity (Wildman–Crippen MR) is 112 cm³/mol. The van der Waals surface area contributed by atoms with Gasteiger partial charge in [-0.3, -0.25) is 9.59 Å². The highest BCUT2D eigenvalue weighted by molar-refractivity contribution is 6.00. The molecule has 0 aliphatic carbocycles. The maximum absolute atomic E-state index is 12.8. The van der Waals surface area contributed by atoms with E-state index >= 15 is 0 Å². The van der Waals surface area contributed by atoms with Crippen LogP contribution in [0.25, 0.3) is 0 Å². The molecule has 0 aliphatic rings. The van der Waals surface area contributed by atoms with Gasteiger partial charge in [0.25, 0.3) is 5.91 Å². The Bertz CT molecular complexity index is 875. The number of nitrogens with zero attached hydrogens (tertiary/aromatic N) is 1. The molecule has 7 nitrogen and oxygen atoms in total. The van der Waals surface area contributed by atoms with Crippen molar-refractivity contribution in [2.24, 2.45) is 0 Å². The first-order valence-electron chi connectivity index (χ1n) is 9.15. The van der Waals surface area contributed by atoms with Gasteiger partial charge in [-0.25, -0.2) is 0 Å². The van der Waals surface area contributed by atoms with Crippen LogP contribution in [0.2, 0.25) is 0 Å². The minimum absolute atomic E-state index is 0.0950. The summed E-state index contributed by atoms with van der Waals surface area (Å²) in [4.78, 5) is 26.7. The molecule has 2 aromatic rings. The van der Waals surface area contributed by atoms with Crippen molar-refractivity contribution < 1.29 is 23.8 Å². The second-order valence-corrected chi connectivity index (χ2v) is 6.90. The largest absolute Gasteiger partial charge is 0.493 e. The highest BCUT2D eigenvalue weighted by Gasteiger charge is 2.21. The van der Waals surface area contributed by atoms with Crippen LogP contribution in [-0.4, -0.2) is 51.6 Å². The molecule has 2 rings (SSSR count). The lowest BCUT2D eigenvalue weighted by atomic mass is 10.1. The average molecular weight is 400 g/mol. The summed E-state index contributed by atoms with van der Waals surface area (Å²) in [7, 11) is 6.03. The Hall–Kier alpha value is -3.22. The minimum atomic E-state index is -0.336. The Morgan fingerprint density at radius 1 is 0.897 bits per heavy atom. The lowest BCUT2D eigenvalue weighted by molar-refractivity contribution is -0.116. The minimum Gasteiger partial charge on any atom is -0.493 e. The molecule has 0 atom stereocenters. The number of hydrogen-bond donors (Lipinski definition) is 1. The molecule has 0 bridgehead atoms. The Morgan fingerprint density at radius 3 is 1.86 bits per heavy atom. The maximum Gasteiger partial charge on any atom is 0.254 e. The molecular formula is C22H28N2O5. The second kappa shape index (κ2) is 9.32. The van der Waals surface area contributed by atoms with Crippen LogP contribution in [0.5, 0.6) is 17.2 Å². The predicted octanol–water partition coefficient (Wildman–Crippen LogP) is 3.35. The van der Waals surface area contributed by atoms with E-state index in [2.05, 4.69) is 5.32 Å². The van der Waals surface area contributed by atoms with Gasteiger partial charge >= 0.3 is 0 Å². The van der Waals surface area contributed by atoms with Gasteiger partial charge in [-0.05, 0) is 44.0 Å². The second-order valence-electron chi connectivity index (χ2n) is 6.90. The summed E-state index contributed by atoms with van der Waals surface area (Å²) in [5.74, 6) is 0.537. The summed E-state index contributed by atoms with van der Waals surface area (Å²) in [5, 5.41) is 2.90. The molecule has 0 aliphatic heterocycles. The zero-order valence-electron chi connectivity index (χ0n) is 18.0. The molecule has 0 aromatic heterocycles. The van der Waals surface area contributed by atoms with Gasteiger partial charge in [-0.2, -0.15) is 0 Å². The summed E-state index contributed by atoms with van der Waals surface area (Å²) >= 11 is 0. The normalized spacial score (nSPS) is 10.3. The van der Waals surface area contributed by atoms with Crippen molar-refractivity contribution in [1.29, 1.82) is 0 Å². The molecule has 156 valence electrons. The van der Waals surface area contributed by atoms with E-state index in [1.165, 1.54) is 26.2 Å². The van der Waals surface area contributed by atoms with Crippen molar-refractivity contribution >= 4 is 17.5 Å². The van der Waals surface area contributed by atoms with E-state index in [1.807, 2.05) is 32.9 Å². The van der Waals surface area contributed by atoms with Gasteiger partial charge in [-0.15, -0.1) is 0 Å². The van der Waals surface area contributed by atoms with Crippen LogP contribution in [0.15, 0.2) is 24.3 Å². The quantitative estimate of drug-likeness (QED) is 0.771. The third-order valence-electron chi connectivity index (χ3n) is 4.58. The average Bonchev–Trinajstić information content (AvgIpc) is 2.68. The smallest absolute Gasteiger partial charge is 0.254 e. The van der Waals surface area contributed by atoms with Gasteiger partial charge in [0, 0.05) is 18.3 Å². The number of anilines is 1. The van der Waals surface area contributed by atoms with Crippen LogP contribution >= 0.6 is 0 Å². The molecule has 2 aromatic carbocycles. The van der Waals surface area contributed by atoms with Gasteiger partial charge < -0.3 is 24.4 Å². The number of benzene rings is 2. The molecule has 0 radical (unpaired) electrons. The number of ether oxygens (including phenoxy) is 3. The van der Waals surface area contributed by atoms with Crippen LogP contribution in [-0.2, 0) is 4.79 Å². The number of amides is 2. The Kier molecular flexibility index (Phi) is 7.09. The van der Waals surface area contributed by atoms with Gasteiger partial charge in [-0.1, -0.05) is 17.7 Å². The van der Waals surface area contributed by atoms with Gasteiger partial charge in [0.1, 0.15) is 0 Å². The summed E-state index contributed by atoms with van der Waals surface area (Å²) < 4.78 is 15.9. The topological polar surface area (TPSA) is 77.1 Å². The van der Waals surface area contributed by atoms with Crippen LogP contribution in [0.1, 0.15) is 27.0 Å². The van der Waals surface area contributed by atoms with Crippen molar-refractivity contribution in [3.63, 3.8) is 0 Å². The van der Waals surface area contributed by atoms with E-state index in [9.17, 15) is 9.59 Å². The van der Waals surface area contributed by atoms with Gasteiger partial charge in [0.05, 0.1) is 27.9 Å².